The summed E-state index contributed by atoms with van der Waals surface area (Å²) in [7, 11) is 0. The molecule has 0 spiro atoms. The first-order valence-electron chi connectivity index (χ1n) is 12.5. The average molecular weight is 528 g/mol. The highest BCUT2D eigenvalue weighted by atomic mass is 35.5. The van der Waals surface area contributed by atoms with Crippen molar-refractivity contribution in [2.75, 3.05) is 31.1 Å². The number of aromatic nitrogens is 1. The first kappa shape index (κ1) is 27.0. The van der Waals surface area contributed by atoms with Crippen LogP contribution >= 0.6 is 12.4 Å². The number of hydrogen-bond acceptors (Lipinski definition) is 4. The zero-order valence-corrected chi connectivity index (χ0v) is 21.7. The Bertz CT molecular complexity index is 1220. The number of hydrogen-bond donors (Lipinski definition) is 1. The highest BCUT2D eigenvalue weighted by Gasteiger charge is 2.49. The van der Waals surface area contributed by atoms with Gasteiger partial charge in [-0.3, -0.25) is 4.79 Å². The van der Waals surface area contributed by atoms with Gasteiger partial charge >= 0.3 is 0 Å². The standard InChI is InChI=1S/C29H31F2N3O2.ClH/c1-19-15-34(16-20(2)29(19,36)21-8-4-3-5-9-21)28(35)25-18-33(27-10-6-7-13-32-27)17-24(25)23-12-11-22(30)14-26(23)31;/h3-14,19-20,24-25,36H,15-18H2,1-2H3;1H/t19-,20+,24-,25+,29+;/m0./s1. The minimum atomic E-state index is -1.05. The normalized spacial score (nSPS) is 27.6. The summed E-state index contributed by atoms with van der Waals surface area (Å²) in [5, 5.41) is 11.7. The van der Waals surface area contributed by atoms with Crippen molar-refractivity contribution in [3.05, 3.63) is 95.7 Å². The molecule has 0 saturated carbocycles. The lowest BCUT2D eigenvalue weighted by Crippen LogP contribution is -2.57. The van der Waals surface area contributed by atoms with Gasteiger partial charge in [-0.2, -0.15) is 0 Å². The predicted molar refractivity (Wildman–Crippen MR) is 142 cm³/mol. The van der Waals surface area contributed by atoms with Gasteiger partial charge in [0.05, 0.1) is 11.5 Å². The monoisotopic (exact) mass is 527 g/mol. The molecule has 5 nitrogen and oxygen atoms in total. The fourth-order valence-corrected chi connectivity index (χ4v) is 6.09. The zero-order valence-electron chi connectivity index (χ0n) is 20.9. The van der Waals surface area contributed by atoms with Crippen LogP contribution in [-0.4, -0.2) is 47.1 Å². The Morgan fingerprint density at radius 3 is 2.24 bits per heavy atom. The summed E-state index contributed by atoms with van der Waals surface area (Å²) in [6.07, 6.45) is 1.69. The third-order valence-electron chi connectivity index (χ3n) is 8.01. The molecule has 196 valence electrons. The van der Waals surface area contributed by atoms with Crippen LogP contribution in [0.4, 0.5) is 14.6 Å². The van der Waals surface area contributed by atoms with Crippen molar-refractivity contribution in [1.29, 1.82) is 0 Å². The number of halogens is 3. The summed E-state index contributed by atoms with van der Waals surface area (Å²) in [6, 6.07) is 18.8. The predicted octanol–water partition coefficient (Wildman–Crippen LogP) is 5.00. The largest absolute Gasteiger partial charge is 0.384 e. The van der Waals surface area contributed by atoms with Crippen LogP contribution in [0.5, 0.6) is 0 Å². The third kappa shape index (κ3) is 4.94. The summed E-state index contributed by atoms with van der Waals surface area (Å²) in [6.45, 7) is 5.52. The second-order valence-electron chi connectivity index (χ2n) is 10.2. The molecule has 1 N–H and O–H groups in total. The molecule has 3 aromatic rings. The maximum absolute atomic E-state index is 14.9. The number of piperidine rings is 1. The molecular weight excluding hydrogens is 496 g/mol. The molecule has 37 heavy (non-hydrogen) atoms. The third-order valence-corrected chi connectivity index (χ3v) is 8.01. The van der Waals surface area contributed by atoms with Crippen molar-refractivity contribution in [2.24, 2.45) is 17.8 Å². The second-order valence-corrected chi connectivity index (χ2v) is 10.2. The van der Waals surface area contributed by atoms with Crippen LogP contribution in [0.25, 0.3) is 0 Å². The molecule has 2 aliphatic rings. The van der Waals surface area contributed by atoms with E-state index in [1.54, 1.807) is 6.20 Å². The van der Waals surface area contributed by atoms with Gasteiger partial charge in [-0.15, -0.1) is 12.4 Å². The van der Waals surface area contributed by atoms with E-state index < -0.39 is 29.1 Å². The van der Waals surface area contributed by atoms with E-state index in [1.807, 2.05) is 72.2 Å². The Kier molecular flexibility index (Phi) is 7.85. The highest BCUT2D eigenvalue weighted by molar-refractivity contribution is 5.85. The molecule has 2 saturated heterocycles. The van der Waals surface area contributed by atoms with E-state index in [9.17, 15) is 18.7 Å². The van der Waals surface area contributed by atoms with Crippen LogP contribution in [0.1, 0.15) is 30.9 Å². The van der Waals surface area contributed by atoms with Gasteiger partial charge in [0, 0.05) is 56.2 Å². The first-order chi connectivity index (χ1) is 17.3. The van der Waals surface area contributed by atoms with Crippen LogP contribution in [0.2, 0.25) is 0 Å². The van der Waals surface area contributed by atoms with Crippen molar-refractivity contribution in [1.82, 2.24) is 9.88 Å². The molecule has 2 aromatic carbocycles. The quantitative estimate of drug-likeness (QED) is 0.518. The molecule has 0 aliphatic carbocycles. The molecule has 5 atom stereocenters. The molecule has 2 aliphatic heterocycles. The SMILES string of the molecule is C[C@@H]1CN(C(=O)[C@@H]2CN(c3ccccn3)C[C@H]2c2ccc(F)cc2F)C[C@H](C)[C@]1(O)c1ccccc1.Cl. The lowest BCUT2D eigenvalue weighted by molar-refractivity contribution is -0.152. The molecule has 1 amide bonds. The van der Waals surface area contributed by atoms with Gasteiger partial charge in [-0.25, -0.2) is 13.8 Å². The maximum atomic E-state index is 14.9. The molecule has 0 bridgehead atoms. The lowest BCUT2D eigenvalue weighted by Gasteiger charge is -2.48. The molecule has 0 radical (unpaired) electrons. The Balaban J connectivity index is 0.00000320. The van der Waals surface area contributed by atoms with Gasteiger partial charge in [0.25, 0.3) is 0 Å². The molecule has 3 heterocycles. The Hall–Kier alpha value is -3.03. The van der Waals surface area contributed by atoms with E-state index in [4.69, 9.17) is 0 Å². The van der Waals surface area contributed by atoms with Gasteiger partial charge in [-0.05, 0) is 29.3 Å². The van der Waals surface area contributed by atoms with E-state index in [-0.39, 0.29) is 30.2 Å². The molecule has 5 rings (SSSR count). The van der Waals surface area contributed by atoms with Crippen molar-refractivity contribution in [2.45, 2.75) is 25.4 Å². The smallest absolute Gasteiger partial charge is 0.228 e. The number of carbonyl (C=O) groups excluding carboxylic acids is 1. The molecule has 1 aromatic heterocycles. The Labute approximate surface area is 222 Å². The fourth-order valence-electron chi connectivity index (χ4n) is 6.09. The van der Waals surface area contributed by atoms with Crippen LogP contribution in [-0.2, 0) is 10.4 Å². The van der Waals surface area contributed by atoms with Gasteiger partial charge < -0.3 is 14.9 Å². The minimum absolute atomic E-state index is 0. The summed E-state index contributed by atoms with van der Waals surface area (Å²) in [5.41, 5.74) is 0.147. The van der Waals surface area contributed by atoms with Crippen molar-refractivity contribution in [3.63, 3.8) is 0 Å². The lowest BCUT2D eigenvalue weighted by atomic mass is 9.70. The van der Waals surface area contributed by atoms with Crippen molar-refractivity contribution in [3.8, 4) is 0 Å². The summed E-state index contributed by atoms with van der Waals surface area (Å²) < 4.78 is 28.6. The summed E-state index contributed by atoms with van der Waals surface area (Å²) in [4.78, 5) is 22.2. The number of rotatable bonds is 4. The number of nitrogens with zero attached hydrogens (tertiary/aromatic N) is 3. The number of amides is 1. The van der Waals surface area contributed by atoms with E-state index in [1.165, 1.54) is 12.1 Å². The fraction of sp³-hybridized carbons (Fsp3) is 0.379. The summed E-state index contributed by atoms with van der Waals surface area (Å²) in [5.74, 6) is -1.98. The average Bonchev–Trinajstić information content (AvgIpc) is 3.32. The van der Waals surface area contributed by atoms with E-state index >= 15 is 0 Å². The first-order valence-corrected chi connectivity index (χ1v) is 12.5. The topological polar surface area (TPSA) is 56.7 Å². The van der Waals surface area contributed by atoms with Crippen molar-refractivity contribution >= 4 is 24.1 Å². The second kappa shape index (κ2) is 10.8. The Morgan fingerprint density at radius 2 is 1.62 bits per heavy atom. The van der Waals surface area contributed by atoms with Gasteiger partial charge in [-0.1, -0.05) is 56.3 Å². The number of aliphatic hydroxyl groups is 1. The molecule has 0 unspecified atom stereocenters. The Morgan fingerprint density at radius 1 is 0.946 bits per heavy atom. The zero-order chi connectivity index (χ0) is 25.4. The molecular formula is C29H32ClF2N3O2. The van der Waals surface area contributed by atoms with Gasteiger partial charge in [0.15, 0.2) is 0 Å². The molecule has 2 fully saturated rings. The van der Waals surface area contributed by atoms with Crippen molar-refractivity contribution < 1.29 is 18.7 Å². The van der Waals surface area contributed by atoms with Crippen LogP contribution in [0.3, 0.4) is 0 Å². The van der Waals surface area contributed by atoms with Crippen LogP contribution < -0.4 is 4.90 Å². The summed E-state index contributed by atoms with van der Waals surface area (Å²) >= 11 is 0. The maximum Gasteiger partial charge on any atom is 0.228 e. The van der Waals surface area contributed by atoms with E-state index in [2.05, 4.69) is 4.98 Å². The minimum Gasteiger partial charge on any atom is -0.384 e. The van der Waals surface area contributed by atoms with Crippen LogP contribution in [0, 0.1) is 29.4 Å². The molecule has 8 heteroatoms. The number of benzene rings is 2. The number of carbonyl (C=O) groups is 1. The number of anilines is 1. The number of likely N-dealkylation sites (tertiary alicyclic amines) is 1. The van der Waals surface area contributed by atoms with E-state index in [0.29, 0.717) is 31.7 Å². The highest BCUT2D eigenvalue weighted by Crippen LogP contribution is 2.43. The van der Waals surface area contributed by atoms with E-state index in [0.717, 1.165) is 17.4 Å². The van der Waals surface area contributed by atoms with Crippen LogP contribution in [0.15, 0.2) is 72.9 Å². The number of pyridine rings is 1. The van der Waals surface area contributed by atoms with Gasteiger partial charge in [0.2, 0.25) is 5.91 Å². The van der Waals surface area contributed by atoms with Gasteiger partial charge in [0.1, 0.15) is 17.5 Å².